The Morgan fingerprint density at radius 2 is 2.32 bits per heavy atom. The molecule has 124 valence electrons. The SMILES string of the molecule is C=CCNC(=NCc1nnc(C)n1C)NCC1CCCS1.I. The molecule has 0 amide bonds. The zero-order valence-corrected chi connectivity index (χ0v) is 16.4. The number of halogens is 1. The summed E-state index contributed by atoms with van der Waals surface area (Å²) < 4.78 is 1.96. The molecule has 0 aliphatic carbocycles. The Morgan fingerprint density at radius 3 is 2.91 bits per heavy atom. The first kappa shape index (κ1) is 19.3. The van der Waals surface area contributed by atoms with Crippen LogP contribution in [-0.4, -0.2) is 44.8 Å². The average Bonchev–Trinajstić information content (AvgIpc) is 3.11. The minimum atomic E-state index is 0. The second-order valence-corrected chi connectivity index (χ2v) is 6.48. The molecule has 1 fully saturated rings. The van der Waals surface area contributed by atoms with Crippen molar-refractivity contribution in [3.05, 3.63) is 24.3 Å². The van der Waals surface area contributed by atoms with Crippen molar-refractivity contribution in [1.29, 1.82) is 0 Å². The van der Waals surface area contributed by atoms with Gasteiger partial charge in [-0.15, -0.1) is 40.8 Å². The van der Waals surface area contributed by atoms with Gasteiger partial charge in [-0.3, -0.25) is 0 Å². The Morgan fingerprint density at radius 1 is 1.50 bits per heavy atom. The number of hydrogen-bond acceptors (Lipinski definition) is 4. The lowest BCUT2D eigenvalue weighted by Gasteiger charge is -2.14. The van der Waals surface area contributed by atoms with Crippen LogP contribution in [0.15, 0.2) is 17.6 Å². The maximum absolute atomic E-state index is 4.58. The smallest absolute Gasteiger partial charge is 0.191 e. The van der Waals surface area contributed by atoms with Gasteiger partial charge in [-0.2, -0.15) is 11.8 Å². The van der Waals surface area contributed by atoms with E-state index in [1.54, 1.807) is 0 Å². The third-order valence-electron chi connectivity index (χ3n) is 3.50. The molecule has 1 aromatic rings. The normalized spacial score (nSPS) is 17.9. The first-order chi connectivity index (χ1) is 10.2. The highest BCUT2D eigenvalue weighted by molar-refractivity contribution is 14.0. The van der Waals surface area contributed by atoms with Gasteiger partial charge in [0.05, 0.1) is 0 Å². The molecule has 1 saturated heterocycles. The van der Waals surface area contributed by atoms with Gasteiger partial charge in [-0.25, -0.2) is 4.99 Å². The van der Waals surface area contributed by atoms with Crippen LogP contribution in [0.4, 0.5) is 0 Å². The van der Waals surface area contributed by atoms with Crippen molar-refractivity contribution in [3.8, 4) is 0 Å². The lowest BCUT2D eigenvalue weighted by Crippen LogP contribution is -2.40. The van der Waals surface area contributed by atoms with Crippen LogP contribution < -0.4 is 10.6 Å². The van der Waals surface area contributed by atoms with E-state index in [-0.39, 0.29) is 24.0 Å². The van der Waals surface area contributed by atoms with Gasteiger partial charge in [0.2, 0.25) is 0 Å². The summed E-state index contributed by atoms with van der Waals surface area (Å²) in [6.07, 6.45) is 4.44. The molecule has 2 rings (SSSR count). The summed E-state index contributed by atoms with van der Waals surface area (Å²) in [6, 6.07) is 0. The summed E-state index contributed by atoms with van der Waals surface area (Å²) in [7, 11) is 1.96. The van der Waals surface area contributed by atoms with Gasteiger partial charge in [-0.05, 0) is 25.5 Å². The molecule has 0 saturated carbocycles. The highest BCUT2D eigenvalue weighted by atomic mass is 127. The van der Waals surface area contributed by atoms with Crippen LogP contribution in [0.25, 0.3) is 0 Å². The largest absolute Gasteiger partial charge is 0.355 e. The summed E-state index contributed by atoms with van der Waals surface area (Å²) in [4.78, 5) is 4.58. The Kier molecular flexibility index (Phi) is 8.84. The molecular weight excluding hydrogens is 411 g/mol. The van der Waals surface area contributed by atoms with Gasteiger partial charge in [-0.1, -0.05) is 6.08 Å². The molecule has 1 atom stereocenters. The third kappa shape index (κ3) is 5.79. The van der Waals surface area contributed by atoms with Gasteiger partial charge in [0, 0.05) is 25.4 Å². The number of thioether (sulfide) groups is 1. The standard InChI is InChI=1S/C14H24N6S.HI/c1-4-7-15-14(16-9-12-6-5-8-21-12)17-10-13-19-18-11(2)20(13)3;/h4,12H,1,5-10H2,2-3H3,(H2,15,16,17);1H. The van der Waals surface area contributed by atoms with Crippen LogP contribution in [0.3, 0.4) is 0 Å². The van der Waals surface area contributed by atoms with Gasteiger partial charge in [0.1, 0.15) is 12.4 Å². The number of aliphatic imine (C=N–C) groups is 1. The molecule has 1 unspecified atom stereocenters. The first-order valence-electron chi connectivity index (χ1n) is 7.30. The molecule has 0 radical (unpaired) electrons. The number of hydrogen-bond donors (Lipinski definition) is 2. The fourth-order valence-electron chi connectivity index (χ4n) is 2.10. The first-order valence-corrected chi connectivity index (χ1v) is 8.35. The van der Waals surface area contributed by atoms with E-state index in [1.165, 1.54) is 18.6 Å². The van der Waals surface area contributed by atoms with Gasteiger partial charge < -0.3 is 15.2 Å². The fourth-order valence-corrected chi connectivity index (χ4v) is 3.30. The second kappa shape index (κ2) is 10.1. The van der Waals surface area contributed by atoms with E-state index < -0.39 is 0 Å². The van der Waals surface area contributed by atoms with E-state index in [4.69, 9.17) is 0 Å². The van der Waals surface area contributed by atoms with Crippen molar-refractivity contribution in [2.45, 2.75) is 31.6 Å². The number of guanidine groups is 1. The number of rotatable bonds is 6. The topological polar surface area (TPSA) is 67.1 Å². The number of nitrogens with one attached hydrogen (secondary N) is 2. The molecule has 6 nitrogen and oxygen atoms in total. The van der Waals surface area contributed by atoms with Gasteiger partial charge in [0.25, 0.3) is 0 Å². The number of aromatic nitrogens is 3. The minimum Gasteiger partial charge on any atom is -0.355 e. The highest BCUT2D eigenvalue weighted by Gasteiger charge is 2.15. The van der Waals surface area contributed by atoms with Crippen molar-refractivity contribution in [2.24, 2.45) is 12.0 Å². The van der Waals surface area contributed by atoms with Crippen LogP contribution in [0, 0.1) is 6.92 Å². The quantitative estimate of drug-likeness (QED) is 0.309. The van der Waals surface area contributed by atoms with Crippen molar-refractivity contribution in [2.75, 3.05) is 18.8 Å². The maximum atomic E-state index is 4.58. The molecule has 0 aromatic carbocycles. The fraction of sp³-hybridized carbons (Fsp3) is 0.643. The zero-order chi connectivity index (χ0) is 15.1. The maximum Gasteiger partial charge on any atom is 0.191 e. The van der Waals surface area contributed by atoms with Crippen molar-refractivity contribution < 1.29 is 0 Å². The van der Waals surface area contributed by atoms with E-state index in [1.807, 2.05) is 36.4 Å². The van der Waals surface area contributed by atoms with Crippen LogP contribution in [0.1, 0.15) is 24.5 Å². The average molecular weight is 436 g/mol. The van der Waals surface area contributed by atoms with E-state index in [2.05, 4.69) is 32.4 Å². The monoisotopic (exact) mass is 436 g/mol. The number of nitrogens with zero attached hydrogens (tertiary/aromatic N) is 4. The minimum absolute atomic E-state index is 0. The zero-order valence-electron chi connectivity index (χ0n) is 13.2. The lowest BCUT2D eigenvalue weighted by molar-refractivity contribution is 0.722. The summed E-state index contributed by atoms with van der Waals surface area (Å²) in [5, 5.41) is 15.5. The molecule has 1 aromatic heterocycles. The molecular formula is C14H25IN6S. The van der Waals surface area contributed by atoms with Crippen LogP contribution >= 0.6 is 35.7 Å². The molecule has 0 bridgehead atoms. The van der Waals surface area contributed by atoms with Crippen molar-refractivity contribution >= 4 is 41.7 Å². The van der Waals surface area contributed by atoms with E-state index in [9.17, 15) is 0 Å². The van der Waals surface area contributed by atoms with Gasteiger partial charge in [0.15, 0.2) is 11.8 Å². The van der Waals surface area contributed by atoms with Gasteiger partial charge >= 0.3 is 0 Å². The Hall–Kier alpha value is -0.770. The molecule has 22 heavy (non-hydrogen) atoms. The molecule has 1 aliphatic heterocycles. The number of aryl methyl sites for hydroxylation is 1. The second-order valence-electron chi connectivity index (χ2n) is 5.07. The third-order valence-corrected chi connectivity index (χ3v) is 4.89. The Bertz CT molecular complexity index is 496. The Labute approximate surface area is 153 Å². The van der Waals surface area contributed by atoms with Crippen LogP contribution in [-0.2, 0) is 13.6 Å². The van der Waals surface area contributed by atoms with Crippen molar-refractivity contribution in [3.63, 3.8) is 0 Å². The van der Waals surface area contributed by atoms with E-state index >= 15 is 0 Å². The van der Waals surface area contributed by atoms with E-state index in [0.29, 0.717) is 18.3 Å². The summed E-state index contributed by atoms with van der Waals surface area (Å²) in [6.45, 7) is 7.83. The van der Waals surface area contributed by atoms with Crippen LogP contribution in [0.5, 0.6) is 0 Å². The van der Waals surface area contributed by atoms with Crippen LogP contribution in [0.2, 0.25) is 0 Å². The summed E-state index contributed by atoms with van der Waals surface area (Å²) in [5.41, 5.74) is 0. The molecule has 1 aliphatic rings. The molecule has 8 heteroatoms. The predicted molar refractivity (Wildman–Crippen MR) is 104 cm³/mol. The van der Waals surface area contributed by atoms with E-state index in [0.717, 1.165) is 24.2 Å². The summed E-state index contributed by atoms with van der Waals surface area (Å²) >= 11 is 2.04. The molecule has 0 spiro atoms. The van der Waals surface area contributed by atoms with Crippen molar-refractivity contribution in [1.82, 2.24) is 25.4 Å². The predicted octanol–water partition coefficient (Wildman–Crippen LogP) is 1.86. The Balaban J connectivity index is 0.00000242. The summed E-state index contributed by atoms with van der Waals surface area (Å²) in [5.74, 6) is 3.85. The highest BCUT2D eigenvalue weighted by Crippen LogP contribution is 2.25. The molecule has 2 N–H and O–H groups in total. The molecule has 2 heterocycles. The lowest BCUT2D eigenvalue weighted by atomic mass is 10.2.